The second kappa shape index (κ2) is 5.78. The van der Waals surface area contributed by atoms with Crippen molar-refractivity contribution in [3.8, 4) is 11.5 Å². The second-order valence-corrected chi connectivity index (χ2v) is 3.79. The minimum absolute atomic E-state index is 0.214. The number of ether oxygens (including phenoxy) is 1. The van der Waals surface area contributed by atoms with E-state index in [1.54, 1.807) is 0 Å². The van der Waals surface area contributed by atoms with Crippen LogP contribution in [0.2, 0.25) is 0 Å². The molecule has 2 aromatic rings. The van der Waals surface area contributed by atoms with Crippen LogP contribution in [0.5, 0.6) is 11.5 Å². The van der Waals surface area contributed by atoms with Crippen LogP contribution in [-0.2, 0) is 4.79 Å². The zero-order chi connectivity index (χ0) is 15.6. The molecule has 0 spiro atoms. The Bertz CT molecular complexity index is 676. The van der Waals surface area contributed by atoms with Crippen LogP contribution in [0.4, 0.5) is 27.6 Å². The minimum atomic E-state index is -2.27. The first-order chi connectivity index (χ1) is 9.95. The number of carbonyl (C=O) groups is 1. The molecule has 0 heterocycles. The highest BCUT2D eigenvalue weighted by Gasteiger charge is 2.27. The number of rotatable bonds is 4. The Balaban J connectivity index is 2.44. The van der Waals surface area contributed by atoms with Gasteiger partial charge in [0.1, 0.15) is 5.75 Å². The number of hydrogen-bond donors (Lipinski definition) is 1. The van der Waals surface area contributed by atoms with Crippen molar-refractivity contribution in [1.29, 1.82) is 0 Å². The van der Waals surface area contributed by atoms with Gasteiger partial charge < -0.3 is 10.1 Å². The lowest BCUT2D eigenvalue weighted by molar-refractivity contribution is -0.105. The van der Waals surface area contributed by atoms with E-state index in [9.17, 15) is 26.7 Å². The molecule has 1 amide bonds. The van der Waals surface area contributed by atoms with Gasteiger partial charge in [0.2, 0.25) is 41.2 Å². The fourth-order valence-corrected chi connectivity index (χ4v) is 1.51. The van der Waals surface area contributed by atoms with Crippen LogP contribution in [0.15, 0.2) is 24.3 Å². The van der Waals surface area contributed by atoms with Gasteiger partial charge in [-0.2, -0.15) is 8.78 Å². The predicted molar refractivity (Wildman–Crippen MR) is 62.4 cm³/mol. The first kappa shape index (κ1) is 14.8. The number of benzene rings is 2. The average molecular weight is 303 g/mol. The van der Waals surface area contributed by atoms with Gasteiger partial charge in [0.05, 0.1) is 0 Å². The molecule has 110 valence electrons. The Morgan fingerprint density at radius 1 is 0.905 bits per heavy atom. The van der Waals surface area contributed by atoms with Crippen molar-refractivity contribution in [3.63, 3.8) is 0 Å². The van der Waals surface area contributed by atoms with E-state index in [1.165, 1.54) is 18.2 Å². The molecule has 3 nitrogen and oxygen atoms in total. The van der Waals surface area contributed by atoms with Gasteiger partial charge in [-0.3, -0.25) is 4.79 Å². The average Bonchev–Trinajstić information content (AvgIpc) is 2.48. The van der Waals surface area contributed by atoms with Gasteiger partial charge in [0, 0.05) is 11.8 Å². The Morgan fingerprint density at radius 3 is 2.05 bits per heavy atom. The molecule has 0 atom stereocenters. The Kier molecular flexibility index (Phi) is 4.06. The van der Waals surface area contributed by atoms with E-state index in [1.807, 2.05) is 0 Å². The Hall–Kier alpha value is -2.64. The van der Waals surface area contributed by atoms with E-state index >= 15 is 0 Å². The summed E-state index contributed by atoms with van der Waals surface area (Å²) in [4.78, 5) is 10.3. The summed E-state index contributed by atoms with van der Waals surface area (Å²) in [5.74, 6) is -12.3. The quantitative estimate of drug-likeness (QED) is 0.404. The number of carbonyl (C=O) groups excluding carboxylic acids is 1. The van der Waals surface area contributed by atoms with Gasteiger partial charge >= 0.3 is 0 Å². The van der Waals surface area contributed by atoms with Crippen molar-refractivity contribution in [1.82, 2.24) is 0 Å². The maximum atomic E-state index is 13.4. The lowest BCUT2D eigenvalue weighted by Gasteiger charge is -2.10. The van der Waals surface area contributed by atoms with Crippen molar-refractivity contribution in [3.05, 3.63) is 53.4 Å². The number of hydrogen-bond acceptors (Lipinski definition) is 2. The zero-order valence-electron chi connectivity index (χ0n) is 10.1. The SMILES string of the molecule is O=CNc1cccc(Oc2c(F)c(F)c(F)c(F)c2F)c1. The zero-order valence-corrected chi connectivity index (χ0v) is 10.1. The number of halogens is 5. The number of nitrogens with one attached hydrogen (secondary N) is 1. The van der Waals surface area contributed by atoms with E-state index in [-0.39, 0.29) is 11.4 Å². The van der Waals surface area contributed by atoms with Crippen LogP contribution < -0.4 is 10.1 Å². The summed E-state index contributed by atoms with van der Waals surface area (Å²) in [5, 5.41) is 2.24. The molecule has 0 unspecified atom stereocenters. The minimum Gasteiger partial charge on any atom is -0.451 e. The topological polar surface area (TPSA) is 38.3 Å². The smallest absolute Gasteiger partial charge is 0.211 e. The molecular weight excluding hydrogens is 297 g/mol. The van der Waals surface area contributed by atoms with Crippen molar-refractivity contribution >= 4 is 12.1 Å². The molecule has 0 saturated heterocycles. The van der Waals surface area contributed by atoms with Gasteiger partial charge in [-0.25, -0.2) is 13.2 Å². The number of amides is 1. The summed E-state index contributed by atoms with van der Waals surface area (Å²) < 4.78 is 70.4. The first-order valence-corrected chi connectivity index (χ1v) is 5.45. The van der Waals surface area contributed by atoms with Gasteiger partial charge in [0.25, 0.3) is 0 Å². The molecular formula is C13H6F5NO2. The summed E-state index contributed by atoms with van der Waals surface area (Å²) in [7, 11) is 0. The van der Waals surface area contributed by atoms with Gasteiger partial charge in [-0.1, -0.05) is 6.07 Å². The van der Waals surface area contributed by atoms with E-state index < -0.39 is 34.8 Å². The maximum absolute atomic E-state index is 13.4. The molecule has 0 radical (unpaired) electrons. The van der Waals surface area contributed by atoms with Crippen molar-refractivity contribution < 1.29 is 31.5 Å². The molecule has 2 rings (SSSR count). The molecule has 0 saturated carbocycles. The molecule has 0 aliphatic heterocycles. The van der Waals surface area contributed by atoms with Crippen LogP contribution >= 0.6 is 0 Å². The summed E-state index contributed by atoms with van der Waals surface area (Å²) in [6.45, 7) is 0. The monoisotopic (exact) mass is 303 g/mol. The standard InChI is InChI=1S/C13H6F5NO2/c14-8-9(15)11(17)13(12(18)10(8)16)21-7-3-1-2-6(4-7)19-5-20/h1-5H,(H,19,20). The van der Waals surface area contributed by atoms with Crippen molar-refractivity contribution in [2.24, 2.45) is 0 Å². The van der Waals surface area contributed by atoms with E-state index in [0.717, 1.165) is 6.07 Å². The highest BCUT2D eigenvalue weighted by Crippen LogP contribution is 2.33. The van der Waals surface area contributed by atoms with Crippen LogP contribution in [0.1, 0.15) is 0 Å². The second-order valence-electron chi connectivity index (χ2n) is 3.79. The molecule has 1 N–H and O–H groups in total. The molecule has 0 aliphatic carbocycles. The summed E-state index contributed by atoms with van der Waals surface area (Å²) in [6, 6.07) is 5.15. The molecule has 0 aromatic heterocycles. The lowest BCUT2D eigenvalue weighted by Crippen LogP contribution is -2.04. The molecule has 0 fully saturated rings. The van der Waals surface area contributed by atoms with Crippen molar-refractivity contribution in [2.45, 2.75) is 0 Å². The predicted octanol–water partition coefficient (Wildman–Crippen LogP) is 3.74. The normalized spacial score (nSPS) is 10.3. The lowest BCUT2D eigenvalue weighted by atomic mass is 10.2. The Labute approximate surface area is 115 Å². The maximum Gasteiger partial charge on any atom is 0.211 e. The molecule has 21 heavy (non-hydrogen) atoms. The third kappa shape index (κ3) is 2.78. The van der Waals surface area contributed by atoms with Crippen LogP contribution in [0.3, 0.4) is 0 Å². The summed E-state index contributed by atoms with van der Waals surface area (Å²) >= 11 is 0. The molecule has 0 bridgehead atoms. The van der Waals surface area contributed by atoms with Gasteiger partial charge in [-0.05, 0) is 12.1 Å². The largest absolute Gasteiger partial charge is 0.451 e. The Morgan fingerprint density at radius 2 is 1.48 bits per heavy atom. The summed E-state index contributed by atoms with van der Waals surface area (Å²) in [5.41, 5.74) is 0.214. The van der Waals surface area contributed by atoms with Gasteiger partial charge in [0.15, 0.2) is 0 Å². The van der Waals surface area contributed by atoms with E-state index in [2.05, 4.69) is 5.32 Å². The third-order valence-corrected chi connectivity index (χ3v) is 2.45. The van der Waals surface area contributed by atoms with Crippen LogP contribution in [0, 0.1) is 29.1 Å². The van der Waals surface area contributed by atoms with Crippen molar-refractivity contribution in [2.75, 3.05) is 5.32 Å². The molecule has 2 aromatic carbocycles. The highest BCUT2D eigenvalue weighted by molar-refractivity contribution is 5.71. The summed E-state index contributed by atoms with van der Waals surface area (Å²) in [6.07, 6.45) is 0.345. The number of anilines is 1. The van der Waals surface area contributed by atoms with Gasteiger partial charge in [-0.15, -0.1) is 0 Å². The van der Waals surface area contributed by atoms with E-state index in [0.29, 0.717) is 6.41 Å². The highest BCUT2D eigenvalue weighted by atomic mass is 19.2. The fourth-order valence-electron chi connectivity index (χ4n) is 1.51. The molecule has 8 heteroatoms. The first-order valence-electron chi connectivity index (χ1n) is 5.45. The fraction of sp³-hybridized carbons (Fsp3) is 0. The molecule has 0 aliphatic rings. The van der Waals surface area contributed by atoms with E-state index in [4.69, 9.17) is 4.74 Å². The third-order valence-electron chi connectivity index (χ3n) is 2.45. The van der Waals surface area contributed by atoms with Crippen LogP contribution in [-0.4, -0.2) is 6.41 Å². The van der Waals surface area contributed by atoms with Crippen LogP contribution in [0.25, 0.3) is 0 Å².